The molecule has 13 heteroatoms. The lowest BCUT2D eigenvalue weighted by Gasteiger charge is -2.27. The van der Waals surface area contributed by atoms with Gasteiger partial charge in [-0.05, 0) is 12.8 Å². The zero-order chi connectivity index (χ0) is 42.1. The number of amides is 1. The van der Waals surface area contributed by atoms with Gasteiger partial charge in [0.25, 0.3) is 5.79 Å². The number of halogens is 3. The van der Waals surface area contributed by atoms with E-state index in [4.69, 9.17) is 53.5 Å². The van der Waals surface area contributed by atoms with Crippen LogP contribution in [0.25, 0.3) is 0 Å². The van der Waals surface area contributed by atoms with Crippen molar-refractivity contribution in [2.24, 2.45) is 0 Å². The Kier molecular flexibility index (Phi) is 40.4. The highest BCUT2D eigenvalue weighted by atomic mass is 35.6. The summed E-state index contributed by atoms with van der Waals surface area (Å²) in [5.41, 5.74) is 0. The highest BCUT2D eigenvalue weighted by Gasteiger charge is 2.33. The molecular formula is C44H83Cl3NO8P. The number of alkyl carbamates (subject to hydrolysis) is 1. The van der Waals surface area contributed by atoms with E-state index in [0.29, 0.717) is 6.42 Å². The largest absolute Gasteiger partial charge is 0.459 e. The number of alkyl halides is 3. The molecule has 0 saturated heterocycles. The molecular weight excluding hydrogens is 808 g/mol. The van der Waals surface area contributed by atoms with Gasteiger partial charge in [-0.1, -0.05) is 228 Å². The van der Waals surface area contributed by atoms with Gasteiger partial charge >= 0.3 is 18.0 Å². The number of carbonyl (C=O) groups is 3. The van der Waals surface area contributed by atoms with Gasteiger partial charge in [0.2, 0.25) is 3.79 Å². The Morgan fingerprint density at radius 1 is 0.526 bits per heavy atom. The summed E-state index contributed by atoms with van der Waals surface area (Å²) >= 11 is 16.7. The predicted octanol–water partition coefficient (Wildman–Crippen LogP) is 14.0. The first kappa shape index (κ1) is 56.4. The molecule has 9 nitrogen and oxygen atoms in total. The van der Waals surface area contributed by atoms with Crippen LogP contribution in [0.1, 0.15) is 219 Å². The van der Waals surface area contributed by atoms with E-state index in [1.807, 2.05) is 0 Å². The minimum absolute atomic E-state index is 0.0818. The van der Waals surface area contributed by atoms with Gasteiger partial charge in [-0.25, -0.2) is 4.79 Å². The van der Waals surface area contributed by atoms with Gasteiger partial charge in [0.15, 0.2) is 6.61 Å². The average Bonchev–Trinajstić information content (AvgIpc) is 3.17. The molecule has 2 N–H and O–H groups in total. The fourth-order valence-electron chi connectivity index (χ4n) is 6.56. The number of carbonyl (C=O) groups excluding carboxylic acids is 3. The summed E-state index contributed by atoms with van der Waals surface area (Å²) in [6.45, 7) is 3.86. The number of ether oxygens (including phenoxy) is 3. The summed E-state index contributed by atoms with van der Waals surface area (Å²) < 4.78 is 19.5. The zero-order valence-electron chi connectivity index (χ0n) is 36.1. The van der Waals surface area contributed by atoms with Crippen LogP contribution in [-0.4, -0.2) is 65.2 Å². The van der Waals surface area contributed by atoms with Crippen molar-refractivity contribution in [3.05, 3.63) is 0 Å². The quantitative estimate of drug-likeness (QED) is 0.0155. The Labute approximate surface area is 365 Å². The molecule has 0 aromatic carbocycles. The monoisotopic (exact) mass is 889 g/mol. The molecule has 0 bridgehead atoms. The second kappa shape index (κ2) is 40.8. The average molecular weight is 891 g/mol. The van der Waals surface area contributed by atoms with Crippen molar-refractivity contribution in [1.82, 2.24) is 5.32 Å². The van der Waals surface area contributed by atoms with Crippen molar-refractivity contribution in [1.29, 1.82) is 0 Å². The summed E-state index contributed by atoms with van der Waals surface area (Å²) in [4.78, 5) is 37.0. The minimum Gasteiger partial charge on any atom is -0.459 e. The molecule has 0 fully saturated rings. The molecule has 0 aliphatic heterocycles. The van der Waals surface area contributed by atoms with Crippen molar-refractivity contribution < 1.29 is 38.2 Å². The first-order chi connectivity index (χ1) is 27.5. The molecule has 0 saturated carbocycles. The van der Waals surface area contributed by atoms with Gasteiger partial charge < -0.3 is 29.2 Å². The zero-order valence-corrected chi connectivity index (χ0v) is 39.4. The lowest BCUT2D eigenvalue weighted by Crippen LogP contribution is -2.43. The van der Waals surface area contributed by atoms with Crippen LogP contribution in [-0.2, 0) is 28.3 Å². The highest BCUT2D eigenvalue weighted by molar-refractivity contribution is 7.32. The Balaban J connectivity index is 4.37. The maximum atomic E-state index is 12.8. The lowest BCUT2D eigenvalue weighted by atomic mass is 10.0. The molecule has 0 heterocycles. The molecule has 57 heavy (non-hydrogen) atoms. The van der Waals surface area contributed by atoms with E-state index in [-0.39, 0.29) is 41.0 Å². The summed E-state index contributed by atoms with van der Waals surface area (Å²) in [6.07, 6.45) is 36.6. The number of hydrogen-bond acceptors (Lipinski definition) is 8. The number of rotatable bonds is 42. The third kappa shape index (κ3) is 43.3. The standard InChI is InChI=1S/C44H83Cl3NO8P/c1-3-5-7-9-11-13-15-17-19-21-23-25-27-29-31-33-40(49)53-37-43(52,39-57-55-36-35-48-42(51)54-38-44(45,46)47)56-41(50)34-32-30-28-26-24-22-20-18-16-14-12-10-8-6-4-2/h52,57H,3-39H2,1-2H3,(H,48,51). The van der Waals surface area contributed by atoms with Crippen molar-refractivity contribution in [2.45, 2.75) is 229 Å². The smallest absolute Gasteiger partial charge is 0.407 e. The van der Waals surface area contributed by atoms with E-state index in [2.05, 4.69) is 19.2 Å². The SMILES string of the molecule is CCCCCCCCCCCCCCCCCC(=O)OCC(O)(CPOCCNC(=O)OCC(Cl)(Cl)Cl)OC(=O)CCCCCCCCCCCCCCCCC. The van der Waals surface area contributed by atoms with Crippen LogP contribution in [0.5, 0.6) is 0 Å². The molecule has 0 rings (SSSR count). The van der Waals surface area contributed by atoms with Crippen molar-refractivity contribution in [3.8, 4) is 0 Å². The van der Waals surface area contributed by atoms with E-state index in [1.165, 1.54) is 148 Å². The number of hydrogen-bond donors (Lipinski definition) is 2. The minimum atomic E-state index is -2.01. The van der Waals surface area contributed by atoms with Crippen molar-refractivity contribution in [2.75, 3.05) is 32.5 Å². The van der Waals surface area contributed by atoms with Crippen LogP contribution >= 0.6 is 43.6 Å². The molecule has 1 amide bonds. The number of nitrogens with one attached hydrogen (secondary N) is 1. The first-order valence-corrected chi connectivity index (χ1v) is 25.2. The van der Waals surface area contributed by atoms with Crippen LogP contribution < -0.4 is 5.32 Å². The Bertz CT molecular complexity index is 946. The first-order valence-electron chi connectivity index (χ1n) is 22.9. The Hall–Kier alpha value is -0.570. The van der Waals surface area contributed by atoms with Crippen LogP contribution in [0.15, 0.2) is 0 Å². The highest BCUT2D eigenvalue weighted by Crippen LogP contribution is 2.26. The maximum absolute atomic E-state index is 12.8. The predicted molar refractivity (Wildman–Crippen MR) is 240 cm³/mol. The maximum Gasteiger partial charge on any atom is 0.407 e. The lowest BCUT2D eigenvalue weighted by molar-refractivity contribution is -0.219. The van der Waals surface area contributed by atoms with Crippen molar-refractivity contribution in [3.63, 3.8) is 0 Å². The van der Waals surface area contributed by atoms with Crippen LogP contribution in [0.2, 0.25) is 0 Å². The molecule has 2 atom stereocenters. The summed E-state index contributed by atoms with van der Waals surface area (Å²) in [7, 11) is -0.292. The summed E-state index contributed by atoms with van der Waals surface area (Å²) in [5.74, 6) is -2.97. The van der Waals surface area contributed by atoms with Gasteiger partial charge in [-0.3, -0.25) is 9.59 Å². The van der Waals surface area contributed by atoms with E-state index >= 15 is 0 Å². The number of unbranched alkanes of at least 4 members (excludes halogenated alkanes) is 28. The molecule has 0 aliphatic carbocycles. The number of esters is 2. The van der Waals surface area contributed by atoms with Gasteiger partial charge in [0.05, 0.1) is 12.8 Å². The molecule has 338 valence electrons. The number of aliphatic hydroxyl groups is 1. The Morgan fingerprint density at radius 3 is 1.28 bits per heavy atom. The van der Waals surface area contributed by atoms with E-state index < -0.39 is 40.8 Å². The topological polar surface area (TPSA) is 120 Å². The van der Waals surface area contributed by atoms with E-state index in [9.17, 15) is 19.5 Å². The molecule has 0 radical (unpaired) electrons. The molecule has 0 aliphatic rings. The second-order valence-electron chi connectivity index (χ2n) is 15.8. The van der Waals surface area contributed by atoms with Crippen LogP contribution in [0, 0.1) is 0 Å². The van der Waals surface area contributed by atoms with Gasteiger partial charge in [0, 0.05) is 28.2 Å². The fraction of sp³-hybridized carbons (Fsp3) is 0.932. The van der Waals surface area contributed by atoms with Gasteiger partial charge in [-0.15, -0.1) is 0 Å². The summed E-state index contributed by atoms with van der Waals surface area (Å²) in [6, 6.07) is 0. The molecule has 0 spiro atoms. The third-order valence-corrected chi connectivity index (χ3v) is 11.5. The van der Waals surface area contributed by atoms with E-state index in [1.54, 1.807) is 0 Å². The van der Waals surface area contributed by atoms with E-state index in [0.717, 1.165) is 38.5 Å². The summed E-state index contributed by atoms with van der Waals surface area (Å²) in [5, 5.41) is 13.7. The molecule has 0 aromatic rings. The Morgan fingerprint density at radius 2 is 0.895 bits per heavy atom. The van der Waals surface area contributed by atoms with Crippen molar-refractivity contribution >= 4 is 61.6 Å². The fourth-order valence-corrected chi connectivity index (χ4v) is 7.48. The molecule has 0 aromatic heterocycles. The van der Waals surface area contributed by atoms with Gasteiger partial charge in [0.1, 0.15) is 6.61 Å². The molecule has 2 unspecified atom stereocenters. The van der Waals surface area contributed by atoms with Crippen LogP contribution in [0.4, 0.5) is 4.79 Å². The normalized spacial score (nSPS) is 12.9. The van der Waals surface area contributed by atoms with Gasteiger partial charge in [-0.2, -0.15) is 0 Å². The second-order valence-corrected chi connectivity index (χ2v) is 19.2. The van der Waals surface area contributed by atoms with Crippen LogP contribution in [0.3, 0.4) is 0 Å². The third-order valence-electron chi connectivity index (χ3n) is 10.0.